The van der Waals surface area contributed by atoms with Crippen molar-refractivity contribution in [2.45, 2.75) is 13.8 Å². The molecule has 0 spiro atoms. The van der Waals surface area contributed by atoms with E-state index in [9.17, 15) is 9.59 Å². The summed E-state index contributed by atoms with van der Waals surface area (Å²) in [4.78, 5) is 32.4. The highest BCUT2D eigenvalue weighted by Gasteiger charge is 2.11. The Morgan fingerprint density at radius 3 is 1.93 bits per heavy atom. The van der Waals surface area contributed by atoms with Gasteiger partial charge in [0, 0.05) is 5.56 Å². The van der Waals surface area contributed by atoms with E-state index in [2.05, 4.69) is 9.98 Å². The van der Waals surface area contributed by atoms with Crippen LogP contribution >= 0.6 is 0 Å². The maximum atomic E-state index is 12.0. The Morgan fingerprint density at radius 1 is 0.862 bits per heavy atom. The number of furan rings is 1. The number of nitrogens with zero attached hydrogens (tertiary/aromatic N) is 2. The van der Waals surface area contributed by atoms with Crippen molar-refractivity contribution in [2.24, 2.45) is 9.98 Å². The van der Waals surface area contributed by atoms with Gasteiger partial charge in [-0.3, -0.25) is 14.8 Å². The molecule has 6 heteroatoms. The van der Waals surface area contributed by atoms with Gasteiger partial charge in [0.25, 0.3) is 0 Å². The molecule has 0 aliphatic rings. The van der Waals surface area contributed by atoms with Crippen molar-refractivity contribution in [3.63, 3.8) is 0 Å². The van der Waals surface area contributed by atoms with Gasteiger partial charge in [-0.05, 0) is 50.2 Å². The summed E-state index contributed by atoms with van der Waals surface area (Å²) in [6.45, 7) is 3.55. The van der Waals surface area contributed by atoms with Gasteiger partial charge in [0.2, 0.25) is 0 Å². The Morgan fingerprint density at radius 2 is 1.38 bits per heavy atom. The van der Waals surface area contributed by atoms with Gasteiger partial charge in [0.15, 0.2) is 5.78 Å². The molecule has 6 nitrogen and oxygen atoms in total. The molecular formula is C23H20N2O4. The molecule has 0 saturated heterocycles. The molecule has 0 bridgehead atoms. The average Bonchev–Trinajstić information content (AvgIpc) is 3.19. The predicted octanol–water partition coefficient (Wildman–Crippen LogP) is 5.16. The topological polar surface area (TPSA) is 81.2 Å². The van der Waals surface area contributed by atoms with Crippen LogP contribution in [0.25, 0.3) is 0 Å². The maximum absolute atomic E-state index is 12.0. The molecule has 2 aromatic carbocycles. The molecule has 0 saturated carbocycles. The van der Waals surface area contributed by atoms with Gasteiger partial charge in [0.05, 0.1) is 36.0 Å². The molecule has 0 radical (unpaired) electrons. The lowest BCUT2D eigenvalue weighted by Crippen LogP contribution is -2.04. The van der Waals surface area contributed by atoms with E-state index in [1.165, 1.54) is 13.1 Å². The number of ketones is 1. The zero-order valence-electron chi connectivity index (χ0n) is 16.2. The van der Waals surface area contributed by atoms with Gasteiger partial charge in [0.1, 0.15) is 11.5 Å². The number of rotatable bonds is 7. The standard InChI is InChI=1S/C23H20N2O4/c1-3-28-23(27)20-9-5-7-11-22(20)25-15-18-13-12-17(29-18)14-24-21-10-6-4-8-19(21)16(2)26/h4-15H,3H2,1-2H3. The van der Waals surface area contributed by atoms with Crippen LogP contribution < -0.4 is 0 Å². The zero-order chi connectivity index (χ0) is 20.6. The van der Waals surface area contributed by atoms with Crippen molar-refractivity contribution >= 4 is 35.6 Å². The minimum atomic E-state index is -0.420. The second-order valence-corrected chi connectivity index (χ2v) is 6.07. The molecule has 0 amide bonds. The smallest absolute Gasteiger partial charge is 0.340 e. The predicted molar refractivity (Wildman–Crippen MR) is 112 cm³/mol. The second-order valence-electron chi connectivity index (χ2n) is 6.07. The Bertz CT molecular complexity index is 1080. The van der Waals surface area contributed by atoms with Crippen molar-refractivity contribution in [1.29, 1.82) is 0 Å². The van der Waals surface area contributed by atoms with E-state index in [1.54, 1.807) is 67.7 Å². The van der Waals surface area contributed by atoms with Crippen molar-refractivity contribution in [1.82, 2.24) is 0 Å². The number of carbonyl (C=O) groups excluding carboxylic acids is 2. The highest BCUT2D eigenvalue weighted by molar-refractivity contribution is 6.00. The van der Waals surface area contributed by atoms with Gasteiger partial charge in [-0.2, -0.15) is 0 Å². The monoisotopic (exact) mass is 388 g/mol. The van der Waals surface area contributed by atoms with Crippen LogP contribution in [0, 0.1) is 0 Å². The van der Waals surface area contributed by atoms with Gasteiger partial charge in [-0.1, -0.05) is 24.3 Å². The highest BCUT2D eigenvalue weighted by atomic mass is 16.5. The SMILES string of the molecule is CCOC(=O)c1ccccc1N=Cc1ccc(C=Nc2ccccc2C(C)=O)o1. The molecule has 3 aromatic rings. The van der Waals surface area contributed by atoms with Crippen LogP contribution in [0.1, 0.15) is 46.1 Å². The molecule has 0 aliphatic carbocycles. The van der Waals surface area contributed by atoms with Crippen molar-refractivity contribution in [3.05, 3.63) is 83.3 Å². The van der Waals surface area contributed by atoms with E-state index in [0.717, 1.165) is 0 Å². The summed E-state index contributed by atoms with van der Waals surface area (Å²) in [6, 6.07) is 17.6. The summed E-state index contributed by atoms with van der Waals surface area (Å²) in [7, 11) is 0. The Hall–Kier alpha value is -3.80. The van der Waals surface area contributed by atoms with Crippen LogP contribution in [0.15, 0.2) is 75.1 Å². The van der Waals surface area contributed by atoms with Gasteiger partial charge in [-0.15, -0.1) is 0 Å². The van der Waals surface area contributed by atoms with Gasteiger partial charge in [-0.25, -0.2) is 4.79 Å². The summed E-state index contributed by atoms with van der Waals surface area (Å²) >= 11 is 0. The number of carbonyl (C=O) groups is 2. The minimum Gasteiger partial charge on any atom is -0.462 e. The number of hydrogen-bond donors (Lipinski definition) is 0. The first kappa shape index (κ1) is 19.9. The lowest BCUT2D eigenvalue weighted by atomic mass is 10.1. The summed E-state index contributed by atoms with van der Waals surface area (Å²) < 4.78 is 10.7. The normalized spacial score (nSPS) is 11.2. The van der Waals surface area contributed by atoms with Gasteiger partial charge >= 0.3 is 5.97 Å². The summed E-state index contributed by atoms with van der Waals surface area (Å²) in [6.07, 6.45) is 3.07. The van der Waals surface area contributed by atoms with Crippen molar-refractivity contribution in [2.75, 3.05) is 6.61 Å². The van der Waals surface area contributed by atoms with E-state index in [0.29, 0.717) is 40.6 Å². The summed E-state index contributed by atoms with van der Waals surface area (Å²) in [5.74, 6) is 0.551. The highest BCUT2D eigenvalue weighted by Crippen LogP contribution is 2.21. The molecule has 146 valence electrons. The van der Waals surface area contributed by atoms with Crippen molar-refractivity contribution in [3.8, 4) is 0 Å². The average molecular weight is 388 g/mol. The van der Waals surface area contributed by atoms with Crippen LogP contribution in [0.5, 0.6) is 0 Å². The van der Waals surface area contributed by atoms with E-state index in [4.69, 9.17) is 9.15 Å². The summed E-state index contributed by atoms with van der Waals surface area (Å²) in [5, 5.41) is 0. The molecule has 0 unspecified atom stereocenters. The third kappa shape index (κ3) is 5.13. The number of esters is 1. The number of hydrogen-bond acceptors (Lipinski definition) is 6. The molecule has 1 heterocycles. The van der Waals surface area contributed by atoms with Crippen LogP contribution in [0.3, 0.4) is 0 Å². The first-order valence-electron chi connectivity index (χ1n) is 9.12. The largest absolute Gasteiger partial charge is 0.462 e. The third-order valence-corrected chi connectivity index (χ3v) is 3.99. The number of Topliss-reactive ketones (excluding diaryl/α,β-unsaturated/α-hetero) is 1. The lowest BCUT2D eigenvalue weighted by molar-refractivity contribution is 0.0527. The molecular weight excluding hydrogens is 368 g/mol. The molecule has 29 heavy (non-hydrogen) atoms. The molecule has 0 atom stereocenters. The van der Waals surface area contributed by atoms with E-state index < -0.39 is 5.97 Å². The Balaban J connectivity index is 1.77. The second kappa shape index (κ2) is 9.41. The fourth-order valence-corrected chi connectivity index (χ4v) is 2.63. The first-order valence-corrected chi connectivity index (χ1v) is 9.12. The van der Waals surface area contributed by atoms with Crippen LogP contribution in [-0.4, -0.2) is 30.8 Å². The Labute approximate surface area is 168 Å². The lowest BCUT2D eigenvalue weighted by Gasteiger charge is -2.04. The maximum Gasteiger partial charge on any atom is 0.340 e. The Kier molecular flexibility index (Phi) is 6.47. The minimum absolute atomic E-state index is 0.0507. The number of aliphatic imine (C=N–C) groups is 2. The van der Waals surface area contributed by atoms with E-state index in [-0.39, 0.29) is 5.78 Å². The van der Waals surface area contributed by atoms with E-state index in [1.807, 2.05) is 6.07 Å². The van der Waals surface area contributed by atoms with E-state index >= 15 is 0 Å². The molecule has 0 fully saturated rings. The number of para-hydroxylation sites is 2. The molecule has 1 aromatic heterocycles. The third-order valence-electron chi connectivity index (χ3n) is 3.99. The fourth-order valence-electron chi connectivity index (χ4n) is 2.63. The van der Waals surface area contributed by atoms with Crippen LogP contribution in [-0.2, 0) is 4.74 Å². The molecule has 0 N–H and O–H groups in total. The van der Waals surface area contributed by atoms with Crippen LogP contribution in [0.2, 0.25) is 0 Å². The first-order chi connectivity index (χ1) is 14.1. The molecule has 0 aliphatic heterocycles. The molecule has 3 rings (SSSR count). The van der Waals surface area contributed by atoms with Gasteiger partial charge < -0.3 is 9.15 Å². The zero-order valence-corrected chi connectivity index (χ0v) is 16.2. The quantitative estimate of drug-likeness (QED) is 0.318. The number of benzene rings is 2. The summed E-state index contributed by atoms with van der Waals surface area (Å²) in [5.41, 5.74) is 2.01. The van der Waals surface area contributed by atoms with Crippen LogP contribution in [0.4, 0.5) is 11.4 Å². The fraction of sp³-hybridized carbons (Fsp3) is 0.130. The van der Waals surface area contributed by atoms with Crippen molar-refractivity contribution < 1.29 is 18.7 Å². The number of ether oxygens (including phenoxy) is 1.